The molecule has 3 aromatic heterocycles. The first-order valence-corrected chi connectivity index (χ1v) is 8.48. The van der Waals surface area contributed by atoms with Crippen LogP contribution in [0.5, 0.6) is 0 Å². The number of hydrogen-bond acceptors (Lipinski definition) is 6. The Labute approximate surface area is 144 Å². The molecule has 1 aliphatic carbocycles. The van der Waals surface area contributed by atoms with Crippen molar-refractivity contribution in [1.29, 1.82) is 0 Å². The Kier molecular flexibility index (Phi) is 3.74. The van der Waals surface area contributed by atoms with Crippen LogP contribution in [-0.4, -0.2) is 30.6 Å². The normalized spacial score (nSPS) is 15.7. The van der Waals surface area contributed by atoms with Gasteiger partial charge in [-0.3, -0.25) is 4.79 Å². The van der Waals surface area contributed by atoms with Crippen molar-refractivity contribution in [1.82, 2.24) is 30.1 Å². The molecular weight excluding hydrogens is 320 g/mol. The summed E-state index contributed by atoms with van der Waals surface area (Å²) >= 11 is 0. The highest BCUT2D eigenvalue weighted by molar-refractivity contribution is 5.99. The number of nitrogens with zero attached hydrogens (tertiary/aromatic N) is 5. The summed E-state index contributed by atoms with van der Waals surface area (Å²) < 4.78 is 6.99. The standard InChI is InChI=1S/C17H20N6O2/c1-9(2)13(17-21-14(22-25-17)11-4-5-11)20-16(24)12-8-18-23-7-6-10(3)19-15(12)23/h6-9,11,13H,4-5H2,1-3H3,(H,20,24). The quantitative estimate of drug-likeness (QED) is 0.766. The number of fused-ring (bicyclic) bond motifs is 1. The van der Waals surface area contributed by atoms with Gasteiger partial charge in [0, 0.05) is 17.8 Å². The Bertz CT molecular complexity index is 924. The van der Waals surface area contributed by atoms with Gasteiger partial charge in [0.2, 0.25) is 5.89 Å². The van der Waals surface area contributed by atoms with Crippen molar-refractivity contribution in [3.05, 3.63) is 41.4 Å². The molecule has 0 saturated heterocycles. The lowest BCUT2D eigenvalue weighted by atomic mass is 10.0. The van der Waals surface area contributed by atoms with Crippen molar-refractivity contribution in [2.45, 2.75) is 45.6 Å². The van der Waals surface area contributed by atoms with Gasteiger partial charge >= 0.3 is 0 Å². The van der Waals surface area contributed by atoms with Crippen LogP contribution in [0.2, 0.25) is 0 Å². The molecule has 8 heteroatoms. The van der Waals surface area contributed by atoms with Gasteiger partial charge in [-0.2, -0.15) is 10.1 Å². The second-order valence-corrected chi connectivity index (χ2v) is 6.86. The molecule has 1 amide bonds. The molecule has 0 aromatic carbocycles. The third kappa shape index (κ3) is 2.99. The van der Waals surface area contributed by atoms with Crippen molar-refractivity contribution in [3.8, 4) is 0 Å². The molecule has 1 N–H and O–H groups in total. The molecule has 1 atom stereocenters. The smallest absolute Gasteiger partial charge is 0.257 e. The SMILES string of the molecule is Cc1ccn2ncc(C(=O)NC(c3nc(C4CC4)no3)C(C)C)c2n1. The van der Waals surface area contributed by atoms with Crippen molar-refractivity contribution >= 4 is 11.6 Å². The summed E-state index contributed by atoms with van der Waals surface area (Å²) in [5.41, 5.74) is 1.79. The molecule has 0 bridgehead atoms. The molecule has 4 rings (SSSR count). The summed E-state index contributed by atoms with van der Waals surface area (Å²) in [5, 5.41) is 11.2. The van der Waals surface area contributed by atoms with Gasteiger partial charge in [-0.15, -0.1) is 0 Å². The van der Waals surface area contributed by atoms with E-state index < -0.39 is 0 Å². The highest BCUT2D eigenvalue weighted by Gasteiger charge is 2.32. The van der Waals surface area contributed by atoms with E-state index in [2.05, 4.69) is 25.5 Å². The lowest BCUT2D eigenvalue weighted by Gasteiger charge is -2.18. The summed E-state index contributed by atoms with van der Waals surface area (Å²) in [6.07, 6.45) is 5.52. The topological polar surface area (TPSA) is 98.2 Å². The predicted molar refractivity (Wildman–Crippen MR) is 89.0 cm³/mol. The Hall–Kier alpha value is -2.77. The van der Waals surface area contributed by atoms with E-state index in [0.717, 1.165) is 24.4 Å². The second-order valence-electron chi connectivity index (χ2n) is 6.86. The van der Waals surface area contributed by atoms with E-state index in [-0.39, 0.29) is 17.9 Å². The fraction of sp³-hybridized carbons (Fsp3) is 0.471. The molecule has 3 heterocycles. The largest absolute Gasteiger partial charge is 0.340 e. The Morgan fingerprint density at radius 3 is 2.88 bits per heavy atom. The minimum atomic E-state index is -0.354. The van der Waals surface area contributed by atoms with E-state index in [9.17, 15) is 4.79 Å². The third-order valence-corrected chi connectivity index (χ3v) is 4.37. The number of amides is 1. The molecule has 0 spiro atoms. The Morgan fingerprint density at radius 2 is 2.16 bits per heavy atom. The van der Waals surface area contributed by atoms with Gasteiger partial charge in [0.15, 0.2) is 11.5 Å². The number of aryl methyl sites for hydroxylation is 1. The molecule has 1 saturated carbocycles. The molecule has 0 radical (unpaired) electrons. The lowest BCUT2D eigenvalue weighted by Crippen LogP contribution is -2.32. The summed E-state index contributed by atoms with van der Waals surface area (Å²) in [5.74, 6) is 1.45. The van der Waals surface area contributed by atoms with Crippen LogP contribution < -0.4 is 5.32 Å². The van der Waals surface area contributed by atoms with Crippen molar-refractivity contribution in [3.63, 3.8) is 0 Å². The molecule has 25 heavy (non-hydrogen) atoms. The van der Waals surface area contributed by atoms with Crippen LogP contribution in [-0.2, 0) is 0 Å². The third-order valence-electron chi connectivity index (χ3n) is 4.37. The first kappa shape index (κ1) is 15.7. The van der Waals surface area contributed by atoms with Crippen LogP contribution in [0.4, 0.5) is 0 Å². The summed E-state index contributed by atoms with van der Waals surface area (Å²) in [7, 11) is 0. The van der Waals surface area contributed by atoms with Gasteiger partial charge < -0.3 is 9.84 Å². The molecular formula is C17H20N6O2. The maximum absolute atomic E-state index is 12.8. The van der Waals surface area contributed by atoms with Gasteiger partial charge in [-0.05, 0) is 31.7 Å². The van der Waals surface area contributed by atoms with Gasteiger partial charge in [0.25, 0.3) is 5.91 Å². The van der Waals surface area contributed by atoms with E-state index in [1.165, 1.54) is 6.20 Å². The molecule has 1 aliphatic rings. The van der Waals surface area contributed by atoms with Crippen LogP contribution in [0, 0.1) is 12.8 Å². The summed E-state index contributed by atoms with van der Waals surface area (Å²) in [4.78, 5) is 21.7. The van der Waals surface area contributed by atoms with Crippen LogP contribution in [0.1, 0.15) is 66.4 Å². The zero-order chi connectivity index (χ0) is 17.6. The molecule has 8 nitrogen and oxygen atoms in total. The molecule has 1 fully saturated rings. The van der Waals surface area contributed by atoms with Gasteiger partial charge in [-0.25, -0.2) is 9.50 Å². The van der Waals surface area contributed by atoms with Crippen LogP contribution in [0.15, 0.2) is 23.0 Å². The van der Waals surface area contributed by atoms with E-state index in [4.69, 9.17) is 4.52 Å². The van der Waals surface area contributed by atoms with E-state index in [0.29, 0.717) is 23.0 Å². The first-order chi connectivity index (χ1) is 12.0. The highest BCUT2D eigenvalue weighted by Crippen LogP contribution is 2.38. The number of nitrogens with one attached hydrogen (secondary N) is 1. The number of rotatable bonds is 5. The van der Waals surface area contributed by atoms with Crippen molar-refractivity contribution in [2.24, 2.45) is 5.92 Å². The number of hydrogen-bond donors (Lipinski definition) is 1. The molecule has 0 aliphatic heterocycles. The Morgan fingerprint density at radius 1 is 1.36 bits per heavy atom. The zero-order valence-electron chi connectivity index (χ0n) is 14.4. The lowest BCUT2D eigenvalue weighted by molar-refractivity contribution is 0.0915. The second kappa shape index (κ2) is 5.94. The van der Waals surface area contributed by atoms with Crippen LogP contribution >= 0.6 is 0 Å². The molecule has 3 aromatic rings. The maximum Gasteiger partial charge on any atom is 0.257 e. The van der Waals surface area contributed by atoms with E-state index >= 15 is 0 Å². The summed E-state index contributed by atoms with van der Waals surface area (Å²) in [6.45, 7) is 5.89. The highest BCUT2D eigenvalue weighted by atomic mass is 16.5. The van der Waals surface area contributed by atoms with Crippen LogP contribution in [0.3, 0.4) is 0 Å². The first-order valence-electron chi connectivity index (χ1n) is 8.48. The van der Waals surface area contributed by atoms with Crippen LogP contribution in [0.25, 0.3) is 5.65 Å². The van der Waals surface area contributed by atoms with Gasteiger partial charge in [-0.1, -0.05) is 19.0 Å². The molecule has 1 unspecified atom stereocenters. The average Bonchev–Trinajstić information content (AvgIpc) is 3.17. The van der Waals surface area contributed by atoms with E-state index in [1.54, 1.807) is 10.7 Å². The predicted octanol–water partition coefficient (Wildman–Crippen LogP) is 2.43. The van der Waals surface area contributed by atoms with Crippen molar-refractivity contribution < 1.29 is 9.32 Å². The van der Waals surface area contributed by atoms with E-state index in [1.807, 2.05) is 26.8 Å². The fourth-order valence-electron chi connectivity index (χ4n) is 2.73. The molecule has 130 valence electrons. The Balaban J connectivity index is 1.60. The average molecular weight is 340 g/mol. The summed E-state index contributed by atoms with van der Waals surface area (Å²) in [6, 6.07) is 1.49. The zero-order valence-corrected chi connectivity index (χ0v) is 14.4. The monoisotopic (exact) mass is 340 g/mol. The number of aromatic nitrogens is 5. The van der Waals surface area contributed by atoms with Gasteiger partial charge in [0.05, 0.1) is 6.20 Å². The van der Waals surface area contributed by atoms with Gasteiger partial charge in [0.1, 0.15) is 11.6 Å². The number of carbonyl (C=O) groups is 1. The minimum absolute atomic E-state index is 0.105. The number of carbonyl (C=O) groups excluding carboxylic acids is 1. The maximum atomic E-state index is 12.8. The van der Waals surface area contributed by atoms with Crippen molar-refractivity contribution in [2.75, 3.05) is 0 Å². The fourth-order valence-corrected chi connectivity index (χ4v) is 2.73. The minimum Gasteiger partial charge on any atom is -0.340 e.